The number of carbonyl (C=O) groups excluding carboxylic acids is 1. The molecule has 4 rings (SSSR count). The Balaban J connectivity index is 1.50. The second-order valence-corrected chi connectivity index (χ2v) is 9.16. The Bertz CT molecular complexity index is 1160. The van der Waals surface area contributed by atoms with Crippen LogP contribution in [0, 0.1) is 0 Å². The van der Waals surface area contributed by atoms with Gasteiger partial charge in [0.1, 0.15) is 0 Å². The average molecular weight is 416 g/mol. The number of benzene rings is 3. The molecular weight excluding hydrogens is 390 g/mol. The van der Waals surface area contributed by atoms with E-state index in [1.807, 2.05) is 48.5 Å². The number of imidazole rings is 1. The lowest BCUT2D eigenvalue weighted by Gasteiger charge is -2.19. The van der Waals surface area contributed by atoms with Crippen LogP contribution in [0.3, 0.4) is 0 Å². The van der Waals surface area contributed by atoms with Crippen molar-refractivity contribution in [2.45, 2.75) is 31.3 Å². The molecule has 1 amide bonds. The number of anilines is 1. The molecule has 30 heavy (non-hydrogen) atoms. The lowest BCUT2D eigenvalue weighted by molar-refractivity contribution is -0.113. The lowest BCUT2D eigenvalue weighted by Crippen LogP contribution is -2.15. The summed E-state index contributed by atoms with van der Waals surface area (Å²) in [6.07, 6.45) is 0. The third-order valence-electron chi connectivity index (χ3n) is 4.91. The molecule has 0 saturated carbocycles. The van der Waals surface area contributed by atoms with E-state index >= 15 is 0 Å². The van der Waals surface area contributed by atoms with E-state index in [1.165, 1.54) is 17.3 Å². The van der Waals surface area contributed by atoms with Gasteiger partial charge in [-0.15, -0.1) is 0 Å². The number of hydrogen-bond acceptors (Lipinski definition) is 3. The van der Waals surface area contributed by atoms with Crippen LogP contribution in [0.2, 0.25) is 0 Å². The SMILES string of the molecule is CC(C)(C)c1ccc(NC(=O)CSc2nc3ccccc3n2-c2ccccc2)cc1. The molecule has 0 aliphatic heterocycles. The Morgan fingerprint density at radius 1 is 0.933 bits per heavy atom. The minimum Gasteiger partial charge on any atom is -0.325 e. The highest BCUT2D eigenvalue weighted by atomic mass is 32.2. The molecule has 3 aromatic carbocycles. The van der Waals surface area contributed by atoms with Crippen molar-refractivity contribution in [2.75, 3.05) is 11.1 Å². The largest absolute Gasteiger partial charge is 0.325 e. The molecule has 0 bridgehead atoms. The summed E-state index contributed by atoms with van der Waals surface area (Å²) in [5.41, 5.74) is 5.13. The number of fused-ring (bicyclic) bond motifs is 1. The number of rotatable bonds is 5. The minimum atomic E-state index is -0.0461. The number of aromatic nitrogens is 2. The fourth-order valence-corrected chi connectivity index (χ4v) is 4.14. The van der Waals surface area contributed by atoms with Gasteiger partial charge in [-0.05, 0) is 47.4 Å². The van der Waals surface area contributed by atoms with Gasteiger partial charge < -0.3 is 5.32 Å². The highest BCUT2D eigenvalue weighted by Gasteiger charge is 2.15. The number of amides is 1. The summed E-state index contributed by atoms with van der Waals surface area (Å²) in [5, 5.41) is 3.79. The molecule has 1 N–H and O–H groups in total. The second-order valence-electron chi connectivity index (χ2n) is 8.22. The van der Waals surface area contributed by atoms with Crippen LogP contribution < -0.4 is 5.32 Å². The smallest absolute Gasteiger partial charge is 0.234 e. The second kappa shape index (κ2) is 8.36. The number of para-hydroxylation sites is 3. The summed E-state index contributed by atoms with van der Waals surface area (Å²) in [7, 11) is 0. The summed E-state index contributed by atoms with van der Waals surface area (Å²) in [5.74, 6) is 0.243. The number of nitrogens with zero attached hydrogens (tertiary/aromatic N) is 2. The Hall–Kier alpha value is -3.05. The highest BCUT2D eigenvalue weighted by molar-refractivity contribution is 7.99. The van der Waals surface area contributed by atoms with Crippen molar-refractivity contribution in [3.05, 3.63) is 84.4 Å². The third-order valence-corrected chi connectivity index (χ3v) is 5.85. The van der Waals surface area contributed by atoms with Crippen LogP contribution in [-0.2, 0) is 10.2 Å². The molecule has 0 radical (unpaired) electrons. The van der Waals surface area contributed by atoms with Crippen LogP contribution in [-0.4, -0.2) is 21.2 Å². The van der Waals surface area contributed by atoms with Crippen molar-refractivity contribution in [3.8, 4) is 5.69 Å². The van der Waals surface area contributed by atoms with E-state index in [0.29, 0.717) is 0 Å². The lowest BCUT2D eigenvalue weighted by atomic mass is 9.87. The zero-order valence-corrected chi connectivity index (χ0v) is 18.2. The minimum absolute atomic E-state index is 0.0461. The van der Waals surface area contributed by atoms with Crippen molar-refractivity contribution in [1.29, 1.82) is 0 Å². The summed E-state index contributed by atoms with van der Waals surface area (Å²) in [6, 6.07) is 26.2. The maximum Gasteiger partial charge on any atom is 0.234 e. The van der Waals surface area contributed by atoms with E-state index in [-0.39, 0.29) is 17.1 Å². The van der Waals surface area contributed by atoms with Crippen molar-refractivity contribution in [2.24, 2.45) is 0 Å². The molecule has 1 aromatic heterocycles. The molecule has 0 fully saturated rings. The molecule has 0 spiro atoms. The van der Waals surface area contributed by atoms with Gasteiger partial charge in [0.25, 0.3) is 0 Å². The molecule has 0 saturated heterocycles. The number of carbonyl (C=O) groups is 1. The molecule has 4 nitrogen and oxygen atoms in total. The Morgan fingerprint density at radius 2 is 1.60 bits per heavy atom. The van der Waals surface area contributed by atoms with Gasteiger partial charge in [0.05, 0.1) is 16.8 Å². The molecule has 0 unspecified atom stereocenters. The van der Waals surface area contributed by atoms with Gasteiger partial charge in [-0.3, -0.25) is 9.36 Å². The first-order chi connectivity index (χ1) is 14.4. The van der Waals surface area contributed by atoms with Gasteiger partial charge in [0, 0.05) is 11.4 Å². The predicted molar refractivity (Wildman–Crippen MR) is 126 cm³/mol. The Kier molecular flexibility index (Phi) is 5.64. The number of thioether (sulfide) groups is 1. The first kappa shape index (κ1) is 20.2. The van der Waals surface area contributed by atoms with Gasteiger partial charge in [-0.2, -0.15) is 0 Å². The van der Waals surface area contributed by atoms with Gasteiger partial charge in [-0.25, -0.2) is 4.98 Å². The van der Waals surface area contributed by atoms with Crippen LogP contribution >= 0.6 is 11.8 Å². The van der Waals surface area contributed by atoms with Crippen molar-refractivity contribution in [1.82, 2.24) is 9.55 Å². The molecule has 4 aromatic rings. The summed E-state index contributed by atoms with van der Waals surface area (Å²) < 4.78 is 2.10. The summed E-state index contributed by atoms with van der Waals surface area (Å²) in [4.78, 5) is 17.3. The first-order valence-electron chi connectivity index (χ1n) is 9.98. The maximum atomic E-state index is 12.6. The van der Waals surface area contributed by atoms with Crippen molar-refractivity contribution >= 4 is 34.4 Å². The molecule has 1 heterocycles. The van der Waals surface area contributed by atoms with Crippen LogP contribution in [0.5, 0.6) is 0 Å². The van der Waals surface area contributed by atoms with Crippen molar-refractivity contribution in [3.63, 3.8) is 0 Å². The van der Waals surface area contributed by atoms with Gasteiger partial charge in [-0.1, -0.05) is 75.0 Å². The van der Waals surface area contributed by atoms with E-state index in [2.05, 4.69) is 61.0 Å². The maximum absolute atomic E-state index is 12.6. The Labute approximate surface area is 181 Å². The number of nitrogens with one attached hydrogen (secondary N) is 1. The molecule has 0 aliphatic rings. The fraction of sp³-hybridized carbons (Fsp3) is 0.200. The molecule has 0 atom stereocenters. The first-order valence-corrected chi connectivity index (χ1v) is 11.0. The number of hydrogen-bond donors (Lipinski definition) is 1. The summed E-state index contributed by atoms with van der Waals surface area (Å²) >= 11 is 1.44. The standard InChI is InChI=1S/C25H25N3OS/c1-25(2,3)18-13-15-19(16-14-18)26-23(29)17-30-24-27-21-11-7-8-12-22(21)28(24)20-9-5-4-6-10-20/h4-16H,17H2,1-3H3,(H,26,29). The van der Waals surface area contributed by atoms with Crippen LogP contribution in [0.15, 0.2) is 84.0 Å². The molecule has 5 heteroatoms. The molecular formula is C25H25N3OS. The van der Waals surface area contributed by atoms with E-state index in [9.17, 15) is 4.79 Å². The predicted octanol–water partition coefficient (Wildman–Crippen LogP) is 6.05. The normalized spacial score (nSPS) is 11.6. The molecule has 0 aliphatic carbocycles. The third kappa shape index (κ3) is 4.41. The monoisotopic (exact) mass is 415 g/mol. The van der Waals surface area contributed by atoms with Gasteiger partial charge in [0.15, 0.2) is 5.16 Å². The van der Waals surface area contributed by atoms with Crippen LogP contribution in [0.4, 0.5) is 5.69 Å². The van der Waals surface area contributed by atoms with Crippen LogP contribution in [0.25, 0.3) is 16.7 Å². The zero-order chi connectivity index (χ0) is 21.1. The van der Waals surface area contributed by atoms with E-state index in [4.69, 9.17) is 4.98 Å². The zero-order valence-electron chi connectivity index (χ0n) is 17.4. The van der Waals surface area contributed by atoms with Gasteiger partial charge in [0.2, 0.25) is 5.91 Å². The van der Waals surface area contributed by atoms with E-state index in [0.717, 1.165) is 27.6 Å². The summed E-state index contributed by atoms with van der Waals surface area (Å²) in [6.45, 7) is 6.53. The van der Waals surface area contributed by atoms with E-state index in [1.54, 1.807) is 0 Å². The van der Waals surface area contributed by atoms with Crippen molar-refractivity contribution < 1.29 is 4.79 Å². The van der Waals surface area contributed by atoms with E-state index < -0.39 is 0 Å². The topological polar surface area (TPSA) is 46.9 Å². The highest BCUT2D eigenvalue weighted by Crippen LogP contribution is 2.28. The molecule has 152 valence electrons. The quantitative estimate of drug-likeness (QED) is 0.403. The van der Waals surface area contributed by atoms with Crippen LogP contribution in [0.1, 0.15) is 26.3 Å². The average Bonchev–Trinajstić information content (AvgIpc) is 3.11. The fourth-order valence-electron chi connectivity index (χ4n) is 3.31. The Morgan fingerprint density at radius 3 is 2.30 bits per heavy atom. The van der Waals surface area contributed by atoms with Gasteiger partial charge >= 0.3 is 0 Å².